The monoisotopic (exact) mass is 421 g/mol. The molecule has 26 heavy (non-hydrogen) atoms. The number of nitrogens with one attached hydrogen (secondary N) is 1. The zero-order valence-corrected chi connectivity index (χ0v) is 15.1. The van der Waals surface area contributed by atoms with Crippen LogP contribution in [0.4, 0.5) is 10.2 Å². The minimum Gasteiger partial charge on any atom is -0.478 e. The van der Waals surface area contributed by atoms with Crippen LogP contribution in [0.15, 0.2) is 41.1 Å². The summed E-state index contributed by atoms with van der Waals surface area (Å²) in [6.07, 6.45) is 2.90. The molecule has 10 heteroatoms. The summed E-state index contributed by atoms with van der Waals surface area (Å²) in [5.41, 5.74) is 0.420. The average molecular weight is 422 g/mol. The number of carboxylic acids is 1. The average Bonchev–Trinajstić information content (AvgIpc) is 3.13. The van der Waals surface area contributed by atoms with Crippen LogP contribution in [-0.2, 0) is 13.6 Å². The molecule has 0 atom stereocenters. The van der Waals surface area contributed by atoms with Gasteiger partial charge < -0.3 is 10.4 Å². The highest BCUT2D eigenvalue weighted by atomic mass is 79.9. The molecule has 3 aromatic rings. The Kier molecular flexibility index (Phi) is 4.85. The Morgan fingerprint density at radius 1 is 1.23 bits per heavy atom. The lowest BCUT2D eigenvalue weighted by Crippen LogP contribution is -2.17. The van der Waals surface area contributed by atoms with Gasteiger partial charge in [0.1, 0.15) is 11.4 Å². The third-order valence-corrected chi connectivity index (χ3v) is 4.06. The molecule has 0 saturated carbocycles. The Bertz CT molecular complexity index is 980. The first kappa shape index (κ1) is 17.8. The topological polar surface area (TPSA) is 102 Å². The molecule has 0 unspecified atom stereocenters. The fourth-order valence-electron chi connectivity index (χ4n) is 2.32. The number of nitrogens with zero attached hydrogens (tertiary/aromatic N) is 4. The van der Waals surface area contributed by atoms with Crippen LogP contribution in [0.5, 0.6) is 0 Å². The molecule has 1 amide bonds. The Morgan fingerprint density at radius 3 is 2.58 bits per heavy atom. The van der Waals surface area contributed by atoms with Crippen molar-refractivity contribution in [3.05, 3.63) is 63.8 Å². The van der Waals surface area contributed by atoms with Crippen LogP contribution in [0.25, 0.3) is 0 Å². The molecule has 0 bridgehead atoms. The van der Waals surface area contributed by atoms with Crippen LogP contribution >= 0.6 is 15.9 Å². The zero-order chi connectivity index (χ0) is 18.8. The molecule has 1 aromatic carbocycles. The highest BCUT2D eigenvalue weighted by Gasteiger charge is 2.22. The third kappa shape index (κ3) is 3.80. The second kappa shape index (κ2) is 7.08. The number of carbonyl (C=O) groups is 2. The van der Waals surface area contributed by atoms with Crippen molar-refractivity contribution in [2.75, 3.05) is 5.32 Å². The van der Waals surface area contributed by atoms with Gasteiger partial charge in [-0.1, -0.05) is 12.1 Å². The van der Waals surface area contributed by atoms with E-state index in [0.29, 0.717) is 11.0 Å². The molecule has 0 spiro atoms. The summed E-state index contributed by atoms with van der Waals surface area (Å²) in [5.74, 6) is -2.04. The van der Waals surface area contributed by atoms with Crippen LogP contribution in [0.2, 0.25) is 0 Å². The van der Waals surface area contributed by atoms with E-state index in [-0.39, 0.29) is 22.9 Å². The van der Waals surface area contributed by atoms with Crippen molar-refractivity contribution < 1.29 is 19.1 Å². The number of carbonyl (C=O) groups excluding carboxylic acids is 1. The number of hydrogen-bond acceptors (Lipinski definition) is 4. The second-order valence-corrected chi connectivity index (χ2v) is 6.33. The first-order chi connectivity index (χ1) is 12.3. The van der Waals surface area contributed by atoms with Crippen LogP contribution in [-0.4, -0.2) is 36.5 Å². The molecule has 134 valence electrons. The Labute approximate surface area is 155 Å². The molecule has 2 heterocycles. The number of aryl methyl sites for hydroxylation is 1. The maximum Gasteiger partial charge on any atom is 0.339 e. The van der Waals surface area contributed by atoms with E-state index in [1.54, 1.807) is 23.0 Å². The van der Waals surface area contributed by atoms with Gasteiger partial charge in [0.2, 0.25) is 0 Å². The van der Waals surface area contributed by atoms with Crippen LogP contribution in [0.1, 0.15) is 26.4 Å². The van der Waals surface area contributed by atoms with Crippen LogP contribution in [0, 0.1) is 5.82 Å². The minimum absolute atomic E-state index is 0.202. The Balaban J connectivity index is 1.78. The standard InChI is InChI=1S/C16H13BrFN5O3/c1-22-7-11(16(25)26)13(20-22)15(24)19-14-12(17)8-23(21-14)6-9-2-4-10(18)5-3-9/h2-5,7-8H,6H2,1H3,(H,25,26)(H,19,21,24). The first-order valence-electron chi connectivity index (χ1n) is 7.39. The number of benzene rings is 1. The lowest BCUT2D eigenvalue weighted by atomic mass is 10.2. The van der Waals surface area contributed by atoms with E-state index in [9.17, 15) is 14.0 Å². The highest BCUT2D eigenvalue weighted by Crippen LogP contribution is 2.22. The molecule has 2 aromatic heterocycles. The largest absolute Gasteiger partial charge is 0.478 e. The summed E-state index contributed by atoms with van der Waals surface area (Å²) in [7, 11) is 1.52. The van der Waals surface area contributed by atoms with Gasteiger partial charge in [-0.3, -0.25) is 14.2 Å². The van der Waals surface area contributed by atoms with Gasteiger partial charge in [-0.25, -0.2) is 9.18 Å². The summed E-state index contributed by atoms with van der Waals surface area (Å²) in [5, 5.41) is 19.8. The number of anilines is 1. The van der Waals surface area contributed by atoms with E-state index in [4.69, 9.17) is 5.11 Å². The van der Waals surface area contributed by atoms with Crippen molar-refractivity contribution in [1.29, 1.82) is 0 Å². The predicted octanol–water partition coefficient (Wildman–Crippen LogP) is 2.52. The lowest BCUT2D eigenvalue weighted by Gasteiger charge is -2.02. The van der Waals surface area contributed by atoms with Gasteiger partial charge >= 0.3 is 5.97 Å². The molecule has 0 saturated heterocycles. The quantitative estimate of drug-likeness (QED) is 0.658. The fraction of sp³-hybridized carbons (Fsp3) is 0.125. The molecule has 2 N–H and O–H groups in total. The number of carboxylic acid groups (broad SMARTS) is 1. The number of aromatic nitrogens is 4. The molecule has 3 rings (SSSR count). The predicted molar refractivity (Wildman–Crippen MR) is 93.5 cm³/mol. The second-order valence-electron chi connectivity index (χ2n) is 5.47. The van der Waals surface area contributed by atoms with Gasteiger partial charge in [0.15, 0.2) is 11.5 Å². The van der Waals surface area contributed by atoms with E-state index in [2.05, 4.69) is 31.4 Å². The smallest absolute Gasteiger partial charge is 0.339 e. The van der Waals surface area contributed by atoms with E-state index < -0.39 is 11.9 Å². The van der Waals surface area contributed by atoms with Crippen molar-refractivity contribution in [2.24, 2.45) is 7.05 Å². The maximum absolute atomic E-state index is 13.0. The summed E-state index contributed by atoms with van der Waals surface area (Å²) in [6, 6.07) is 5.97. The molecule has 0 aliphatic rings. The van der Waals surface area contributed by atoms with Gasteiger partial charge in [-0.05, 0) is 33.6 Å². The van der Waals surface area contributed by atoms with Crippen molar-refractivity contribution in [2.45, 2.75) is 6.54 Å². The molecule has 8 nitrogen and oxygen atoms in total. The van der Waals surface area contributed by atoms with E-state index >= 15 is 0 Å². The Morgan fingerprint density at radius 2 is 1.92 bits per heavy atom. The van der Waals surface area contributed by atoms with Crippen molar-refractivity contribution in [3.63, 3.8) is 0 Å². The summed E-state index contributed by atoms with van der Waals surface area (Å²) in [6.45, 7) is 0.374. The van der Waals surface area contributed by atoms with Crippen molar-refractivity contribution in [3.8, 4) is 0 Å². The van der Waals surface area contributed by atoms with Crippen molar-refractivity contribution >= 4 is 33.6 Å². The van der Waals surface area contributed by atoms with Gasteiger partial charge in [0, 0.05) is 19.4 Å². The fourth-order valence-corrected chi connectivity index (χ4v) is 2.73. The summed E-state index contributed by atoms with van der Waals surface area (Å²) >= 11 is 3.30. The number of hydrogen-bond donors (Lipinski definition) is 2. The molecule has 0 aliphatic heterocycles. The van der Waals surface area contributed by atoms with Gasteiger partial charge in [-0.2, -0.15) is 10.2 Å². The molecular weight excluding hydrogens is 409 g/mol. The Hall–Kier alpha value is -3.01. The van der Waals surface area contributed by atoms with Gasteiger partial charge in [-0.15, -0.1) is 0 Å². The van der Waals surface area contributed by atoms with Gasteiger partial charge in [0.25, 0.3) is 5.91 Å². The number of halogens is 2. The highest BCUT2D eigenvalue weighted by molar-refractivity contribution is 9.10. The first-order valence-corrected chi connectivity index (χ1v) is 8.18. The van der Waals surface area contributed by atoms with Crippen molar-refractivity contribution in [1.82, 2.24) is 19.6 Å². The SMILES string of the molecule is Cn1cc(C(=O)O)c(C(=O)Nc2nn(Cc3ccc(F)cc3)cc2Br)n1. The third-order valence-electron chi connectivity index (χ3n) is 3.48. The normalized spacial score (nSPS) is 10.7. The van der Waals surface area contributed by atoms with E-state index in [1.165, 1.54) is 30.1 Å². The zero-order valence-electron chi connectivity index (χ0n) is 13.5. The number of aromatic carboxylic acids is 1. The lowest BCUT2D eigenvalue weighted by molar-refractivity contribution is 0.0692. The molecule has 0 aliphatic carbocycles. The number of amides is 1. The maximum atomic E-state index is 13.0. The van der Waals surface area contributed by atoms with E-state index in [0.717, 1.165) is 5.56 Å². The van der Waals surface area contributed by atoms with Crippen LogP contribution in [0.3, 0.4) is 0 Å². The molecular formula is C16H13BrFN5O3. The summed E-state index contributed by atoms with van der Waals surface area (Å²) < 4.78 is 16.3. The minimum atomic E-state index is -1.25. The van der Waals surface area contributed by atoms with Crippen LogP contribution < -0.4 is 5.32 Å². The summed E-state index contributed by atoms with van der Waals surface area (Å²) in [4.78, 5) is 23.5. The van der Waals surface area contributed by atoms with E-state index in [1.807, 2.05) is 0 Å². The van der Waals surface area contributed by atoms with Gasteiger partial charge in [0.05, 0.1) is 11.0 Å². The molecule has 0 radical (unpaired) electrons. The molecule has 0 fully saturated rings. The number of rotatable bonds is 5.